The first-order valence-electron chi connectivity index (χ1n) is 7.12. The molecule has 0 spiro atoms. The smallest absolute Gasteiger partial charge is 0.255 e. The van der Waals surface area contributed by atoms with E-state index in [1.807, 2.05) is 0 Å². The lowest BCUT2D eigenvalue weighted by molar-refractivity contribution is 0.0998. The molecule has 0 heterocycles. The molecule has 4 N–H and O–H groups in total. The third-order valence-corrected chi connectivity index (χ3v) is 4.53. The van der Waals surface area contributed by atoms with Gasteiger partial charge in [0.05, 0.1) is 5.75 Å². The zero-order valence-corrected chi connectivity index (χ0v) is 13.8. The lowest BCUT2D eigenvalue weighted by Gasteiger charge is -2.08. The number of primary amides is 1. The summed E-state index contributed by atoms with van der Waals surface area (Å²) >= 11 is 0. The van der Waals surface area contributed by atoms with Gasteiger partial charge in [0.15, 0.2) is 0 Å². The van der Waals surface area contributed by atoms with Crippen molar-refractivity contribution in [2.75, 3.05) is 15.8 Å². The van der Waals surface area contributed by atoms with E-state index in [1.165, 1.54) is 43.3 Å². The fourth-order valence-electron chi connectivity index (χ4n) is 1.86. The molecule has 0 aliphatic heterocycles. The number of amides is 2. The Morgan fingerprint density at radius 2 is 1.42 bits per heavy atom. The molecule has 2 amide bonds. The highest BCUT2D eigenvalue weighted by molar-refractivity contribution is 7.92. The van der Waals surface area contributed by atoms with Gasteiger partial charge in [0, 0.05) is 22.5 Å². The summed E-state index contributed by atoms with van der Waals surface area (Å²) < 4.78 is 25.4. The van der Waals surface area contributed by atoms with E-state index >= 15 is 0 Å². The molecule has 2 rings (SSSR count). The quantitative estimate of drug-likeness (QED) is 0.738. The monoisotopic (exact) mass is 347 g/mol. The van der Waals surface area contributed by atoms with Crippen LogP contribution in [0.3, 0.4) is 0 Å². The molecule has 24 heavy (non-hydrogen) atoms. The first-order chi connectivity index (χ1) is 11.3. The van der Waals surface area contributed by atoms with Gasteiger partial charge in [0.25, 0.3) is 5.91 Å². The van der Waals surface area contributed by atoms with Gasteiger partial charge in [0.2, 0.25) is 15.9 Å². The van der Waals surface area contributed by atoms with Gasteiger partial charge in [-0.2, -0.15) is 0 Å². The molecule has 0 aliphatic carbocycles. The average Bonchev–Trinajstić information content (AvgIpc) is 2.55. The van der Waals surface area contributed by atoms with Crippen LogP contribution in [0.25, 0.3) is 0 Å². The second-order valence-electron chi connectivity index (χ2n) is 4.98. The summed E-state index contributed by atoms with van der Waals surface area (Å²) in [6.45, 7) is 1.54. The molecule has 0 bridgehead atoms. The minimum Gasteiger partial charge on any atom is -0.366 e. The van der Waals surface area contributed by atoms with E-state index in [0.29, 0.717) is 22.5 Å². The lowest BCUT2D eigenvalue weighted by Crippen LogP contribution is -2.15. The summed E-state index contributed by atoms with van der Waals surface area (Å²) in [5.41, 5.74) is 6.77. The zero-order valence-electron chi connectivity index (χ0n) is 12.9. The van der Waals surface area contributed by atoms with Crippen molar-refractivity contribution in [2.24, 2.45) is 5.73 Å². The van der Waals surface area contributed by atoms with Crippen LogP contribution in [0.15, 0.2) is 48.5 Å². The highest BCUT2D eigenvalue weighted by Gasteiger charge is 2.09. The molecule has 0 aromatic heterocycles. The molecule has 126 valence electrons. The van der Waals surface area contributed by atoms with E-state index in [4.69, 9.17) is 5.73 Å². The number of sulfonamides is 1. The summed E-state index contributed by atoms with van der Waals surface area (Å²) in [7, 11) is -3.35. The largest absolute Gasteiger partial charge is 0.366 e. The van der Waals surface area contributed by atoms with Crippen LogP contribution < -0.4 is 15.8 Å². The number of benzene rings is 2. The van der Waals surface area contributed by atoms with Crippen molar-refractivity contribution in [3.63, 3.8) is 0 Å². The van der Waals surface area contributed by atoms with Gasteiger partial charge in [-0.3, -0.25) is 14.3 Å². The van der Waals surface area contributed by atoms with Crippen molar-refractivity contribution in [1.82, 2.24) is 0 Å². The predicted octanol–water partition coefficient (Wildman–Crippen LogP) is 1.80. The topological polar surface area (TPSA) is 118 Å². The predicted molar refractivity (Wildman–Crippen MR) is 92.4 cm³/mol. The van der Waals surface area contributed by atoms with E-state index < -0.39 is 15.9 Å². The molecule has 0 unspecified atom stereocenters. The lowest BCUT2D eigenvalue weighted by atomic mass is 10.1. The summed E-state index contributed by atoms with van der Waals surface area (Å²) in [5, 5.41) is 2.67. The summed E-state index contributed by atoms with van der Waals surface area (Å²) in [5.74, 6) is -0.930. The number of carbonyl (C=O) groups excluding carboxylic acids is 2. The van der Waals surface area contributed by atoms with Gasteiger partial charge >= 0.3 is 0 Å². The summed E-state index contributed by atoms with van der Waals surface area (Å²) in [6.07, 6.45) is 0. The Hall–Kier alpha value is -2.87. The van der Waals surface area contributed by atoms with Gasteiger partial charge in [-0.1, -0.05) is 0 Å². The van der Waals surface area contributed by atoms with Crippen molar-refractivity contribution < 1.29 is 18.0 Å². The third-order valence-electron chi connectivity index (χ3n) is 3.23. The molecular formula is C16H17N3O4S. The maximum Gasteiger partial charge on any atom is 0.255 e. The molecule has 2 aromatic rings. The molecule has 0 atom stereocenters. The molecule has 0 aliphatic rings. The van der Waals surface area contributed by atoms with Crippen LogP contribution in [0.5, 0.6) is 0 Å². The Balaban J connectivity index is 2.06. The Morgan fingerprint density at radius 3 is 1.92 bits per heavy atom. The fraction of sp³-hybridized carbons (Fsp3) is 0.125. The summed E-state index contributed by atoms with van der Waals surface area (Å²) in [4.78, 5) is 23.1. The number of hydrogen-bond acceptors (Lipinski definition) is 4. The number of anilines is 2. The van der Waals surface area contributed by atoms with Crippen molar-refractivity contribution in [3.05, 3.63) is 59.7 Å². The minimum absolute atomic E-state index is 0.0312. The van der Waals surface area contributed by atoms with Crippen LogP contribution in [0, 0.1) is 0 Å². The Labute approximate surface area is 139 Å². The van der Waals surface area contributed by atoms with E-state index in [9.17, 15) is 18.0 Å². The number of rotatable bonds is 6. The van der Waals surface area contributed by atoms with Gasteiger partial charge < -0.3 is 11.1 Å². The number of nitrogens with two attached hydrogens (primary N) is 1. The van der Waals surface area contributed by atoms with Gasteiger partial charge in [-0.15, -0.1) is 0 Å². The van der Waals surface area contributed by atoms with Gasteiger partial charge in [0.1, 0.15) is 0 Å². The van der Waals surface area contributed by atoms with Crippen molar-refractivity contribution in [1.29, 1.82) is 0 Å². The molecule has 0 fully saturated rings. The number of carbonyl (C=O) groups is 2. The molecule has 0 saturated heterocycles. The third kappa shape index (κ3) is 4.56. The first kappa shape index (κ1) is 17.5. The van der Waals surface area contributed by atoms with Crippen LogP contribution in [-0.4, -0.2) is 26.0 Å². The average molecular weight is 347 g/mol. The van der Waals surface area contributed by atoms with Crippen molar-refractivity contribution in [3.8, 4) is 0 Å². The van der Waals surface area contributed by atoms with Crippen molar-refractivity contribution in [2.45, 2.75) is 6.92 Å². The van der Waals surface area contributed by atoms with Crippen molar-refractivity contribution >= 4 is 33.2 Å². The maximum atomic E-state index is 12.1. The maximum absolute atomic E-state index is 12.1. The van der Waals surface area contributed by atoms with Crippen LogP contribution >= 0.6 is 0 Å². The Bertz CT molecular complexity index is 844. The first-order valence-corrected chi connectivity index (χ1v) is 8.78. The molecule has 2 aromatic carbocycles. The minimum atomic E-state index is -3.35. The normalized spacial score (nSPS) is 10.9. The van der Waals surface area contributed by atoms with Gasteiger partial charge in [-0.25, -0.2) is 8.42 Å². The second-order valence-corrected chi connectivity index (χ2v) is 6.99. The highest BCUT2D eigenvalue weighted by atomic mass is 32.2. The standard InChI is InChI=1S/C16H17N3O4S/c1-2-24(22,23)19-14-9-5-12(6-10-14)16(21)18-13-7-3-11(4-8-13)15(17)20/h3-10,19H,2H2,1H3,(H2,17,20)(H,18,21). The molecule has 8 heteroatoms. The highest BCUT2D eigenvalue weighted by Crippen LogP contribution is 2.14. The van der Waals surface area contributed by atoms with Crippen LogP contribution in [0.4, 0.5) is 11.4 Å². The van der Waals surface area contributed by atoms with Gasteiger partial charge in [-0.05, 0) is 55.5 Å². The molecular weight excluding hydrogens is 330 g/mol. The fourth-order valence-corrected chi connectivity index (χ4v) is 2.50. The van der Waals surface area contributed by atoms with E-state index in [1.54, 1.807) is 12.1 Å². The number of nitrogens with one attached hydrogen (secondary N) is 2. The van der Waals surface area contributed by atoms with Crippen LogP contribution in [-0.2, 0) is 10.0 Å². The van der Waals surface area contributed by atoms with E-state index in [-0.39, 0.29) is 11.7 Å². The van der Waals surface area contributed by atoms with Crippen LogP contribution in [0.2, 0.25) is 0 Å². The number of hydrogen-bond donors (Lipinski definition) is 3. The molecule has 0 radical (unpaired) electrons. The second kappa shape index (κ2) is 7.14. The SMILES string of the molecule is CCS(=O)(=O)Nc1ccc(C(=O)Nc2ccc(C(N)=O)cc2)cc1. The molecule has 7 nitrogen and oxygen atoms in total. The summed E-state index contributed by atoms with van der Waals surface area (Å²) in [6, 6.07) is 12.2. The Kier molecular flexibility index (Phi) is 5.20. The zero-order chi connectivity index (χ0) is 17.7. The van der Waals surface area contributed by atoms with E-state index in [0.717, 1.165) is 0 Å². The Morgan fingerprint density at radius 1 is 0.917 bits per heavy atom. The van der Waals surface area contributed by atoms with Crippen LogP contribution in [0.1, 0.15) is 27.6 Å². The molecule has 0 saturated carbocycles. The van der Waals surface area contributed by atoms with E-state index in [2.05, 4.69) is 10.0 Å².